The van der Waals surface area contributed by atoms with Crippen LogP contribution in [0.5, 0.6) is 5.75 Å². The number of ether oxygens (including phenoxy) is 1. The Morgan fingerprint density at radius 2 is 2.26 bits per heavy atom. The van der Waals surface area contributed by atoms with E-state index >= 15 is 0 Å². The standard InChI is InChI=1S/C13H12ClF2NO2/c1-2-8-5-12(18)17(7-8)10-6-9(14)3-4-11(10)19-13(15)16/h2-4,6,8,13H,1,5,7H2. The molecule has 1 saturated heterocycles. The average molecular weight is 288 g/mol. The molecule has 0 aromatic heterocycles. The molecule has 1 amide bonds. The smallest absolute Gasteiger partial charge is 0.387 e. The normalized spacial score (nSPS) is 19.1. The number of benzene rings is 1. The van der Waals surface area contributed by atoms with E-state index in [1.807, 2.05) is 0 Å². The van der Waals surface area contributed by atoms with E-state index in [9.17, 15) is 13.6 Å². The van der Waals surface area contributed by atoms with Crippen LogP contribution in [0.1, 0.15) is 6.42 Å². The summed E-state index contributed by atoms with van der Waals surface area (Å²) in [6.07, 6.45) is 1.99. The zero-order valence-electron chi connectivity index (χ0n) is 9.98. The number of carbonyl (C=O) groups excluding carboxylic acids is 1. The molecule has 1 aromatic carbocycles. The zero-order chi connectivity index (χ0) is 14.0. The number of carbonyl (C=O) groups is 1. The van der Waals surface area contributed by atoms with Crippen LogP contribution < -0.4 is 9.64 Å². The first-order valence-electron chi connectivity index (χ1n) is 5.68. The predicted molar refractivity (Wildman–Crippen MR) is 68.7 cm³/mol. The number of amides is 1. The summed E-state index contributed by atoms with van der Waals surface area (Å²) in [6.45, 7) is 1.08. The maximum absolute atomic E-state index is 12.4. The predicted octanol–water partition coefficient (Wildman–Crippen LogP) is 3.48. The van der Waals surface area contributed by atoms with E-state index in [1.165, 1.54) is 23.1 Å². The Kier molecular flexibility index (Phi) is 4.04. The van der Waals surface area contributed by atoms with E-state index in [0.29, 0.717) is 18.0 Å². The third kappa shape index (κ3) is 3.04. The van der Waals surface area contributed by atoms with Gasteiger partial charge in [0.25, 0.3) is 0 Å². The number of nitrogens with zero attached hydrogens (tertiary/aromatic N) is 1. The second kappa shape index (κ2) is 5.57. The van der Waals surface area contributed by atoms with Crippen molar-refractivity contribution in [3.05, 3.63) is 35.9 Å². The summed E-state index contributed by atoms with van der Waals surface area (Å²) in [5.41, 5.74) is 0.266. The Hall–Kier alpha value is -1.62. The molecule has 3 nitrogen and oxygen atoms in total. The van der Waals surface area contributed by atoms with Crippen molar-refractivity contribution in [2.45, 2.75) is 13.0 Å². The first-order valence-corrected chi connectivity index (χ1v) is 6.06. The molecule has 102 valence electrons. The SMILES string of the molecule is C=CC1CC(=O)N(c2cc(Cl)ccc2OC(F)F)C1. The van der Waals surface area contributed by atoms with E-state index in [0.717, 1.165) is 0 Å². The fraction of sp³-hybridized carbons (Fsp3) is 0.308. The minimum atomic E-state index is -2.95. The second-order valence-corrected chi connectivity index (χ2v) is 4.63. The van der Waals surface area contributed by atoms with Gasteiger partial charge in [-0.1, -0.05) is 17.7 Å². The molecule has 1 aromatic rings. The van der Waals surface area contributed by atoms with Crippen molar-refractivity contribution in [3.8, 4) is 5.75 Å². The van der Waals surface area contributed by atoms with Crippen molar-refractivity contribution in [2.75, 3.05) is 11.4 Å². The van der Waals surface area contributed by atoms with Crippen LogP contribution in [-0.4, -0.2) is 19.1 Å². The summed E-state index contributed by atoms with van der Waals surface area (Å²) < 4.78 is 29.1. The Morgan fingerprint density at radius 1 is 1.53 bits per heavy atom. The molecule has 0 aliphatic carbocycles. The van der Waals surface area contributed by atoms with Crippen LogP contribution in [-0.2, 0) is 4.79 Å². The molecule has 6 heteroatoms. The number of hydrogen-bond donors (Lipinski definition) is 0. The van der Waals surface area contributed by atoms with Crippen LogP contribution in [0.3, 0.4) is 0 Å². The van der Waals surface area contributed by atoms with E-state index in [-0.39, 0.29) is 23.3 Å². The van der Waals surface area contributed by atoms with Crippen molar-refractivity contribution in [1.82, 2.24) is 0 Å². The average Bonchev–Trinajstić information content (AvgIpc) is 2.72. The summed E-state index contributed by atoms with van der Waals surface area (Å²) >= 11 is 5.85. The molecule has 1 fully saturated rings. The van der Waals surface area contributed by atoms with Gasteiger partial charge in [0, 0.05) is 23.9 Å². The zero-order valence-corrected chi connectivity index (χ0v) is 10.7. The van der Waals surface area contributed by atoms with Gasteiger partial charge >= 0.3 is 6.61 Å². The van der Waals surface area contributed by atoms with Gasteiger partial charge in [0.1, 0.15) is 5.75 Å². The van der Waals surface area contributed by atoms with Crippen molar-refractivity contribution in [1.29, 1.82) is 0 Å². The van der Waals surface area contributed by atoms with Gasteiger partial charge in [0.2, 0.25) is 5.91 Å². The lowest BCUT2D eigenvalue weighted by Crippen LogP contribution is -2.25. The molecule has 0 saturated carbocycles. The number of hydrogen-bond acceptors (Lipinski definition) is 2. The Morgan fingerprint density at radius 3 is 2.84 bits per heavy atom. The molecular weight excluding hydrogens is 276 g/mol. The summed E-state index contributed by atoms with van der Waals surface area (Å²) in [7, 11) is 0. The van der Waals surface area contributed by atoms with Gasteiger partial charge in [-0.2, -0.15) is 8.78 Å². The number of rotatable bonds is 4. The van der Waals surface area contributed by atoms with Crippen LogP contribution in [0.2, 0.25) is 5.02 Å². The molecule has 19 heavy (non-hydrogen) atoms. The van der Waals surface area contributed by atoms with Crippen LogP contribution in [0.4, 0.5) is 14.5 Å². The van der Waals surface area contributed by atoms with Crippen LogP contribution >= 0.6 is 11.6 Å². The molecule has 1 heterocycles. The monoisotopic (exact) mass is 287 g/mol. The first kappa shape index (κ1) is 13.8. The van der Waals surface area contributed by atoms with Gasteiger partial charge < -0.3 is 9.64 Å². The van der Waals surface area contributed by atoms with Gasteiger partial charge in [-0.25, -0.2) is 0 Å². The van der Waals surface area contributed by atoms with Gasteiger partial charge in [0.05, 0.1) is 5.69 Å². The van der Waals surface area contributed by atoms with E-state index in [2.05, 4.69) is 11.3 Å². The van der Waals surface area contributed by atoms with E-state index in [4.69, 9.17) is 11.6 Å². The maximum Gasteiger partial charge on any atom is 0.387 e. The summed E-state index contributed by atoms with van der Waals surface area (Å²) in [4.78, 5) is 13.3. The highest BCUT2D eigenvalue weighted by Gasteiger charge is 2.31. The van der Waals surface area contributed by atoms with Crippen molar-refractivity contribution >= 4 is 23.2 Å². The maximum atomic E-state index is 12.4. The molecule has 2 rings (SSSR count). The highest BCUT2D eigenvalue weighted by Crippen LogP contribution is 2.36. The molecule has 0 spiro atoms. The quantitative estimate of drug-likeness (QED) is 0.794. The molecule has 1 aliphatic heterocycles. The van der Waals surface area contributed by atoms with Gasteiger partial charge in [-0.05, 0) is 18.2 Å². The lowest BCUT2D eigenvalue weighted by molar-refractivity contribution is -0.117. The van der Waals surface area contributed by atoms with Crippen molar-refractivity contribution in [3.63, 3.8) is 0 Å². The fourth-order valence-corrected chi connectivity index (χ4v) is 2.19. The summed E-state index contributed by atoms with van der Waals surface area (Å²) in [6, 6.07) is 4.22. The largest absolute Gasteiger partial charge is 0.433 e. The number of halogens is 3. The molecule has 1 unspecified atom stereocenters. The Bertz CT molecular complexity index is 507. The topological polar surface area (TPSA) is 29.5 Å². The van der Waals surface area contributed by atoms with Gasteiger partial charge in [-0.3, -0.25) is 4.79 Å². The molecular formula is C13H12ClF2NO2. The highest BCUT2D eigenvalue weighted by molar-refractivity contribution is 6.31. The van der Waals surface area contributed by atoms with Crippen LogP contribution in [0.25, 0.3) is 0 Å². The van der Waals surface area contributed by atoms with Crippen molar-refractivity contribution in [2.24, 2.45) is 5.92 Å². The molecule has 0 N–H and O–H groups in total. The summed E-state index contributed by atoms with van der Waals surface area (Å²) in [5.74, 6) is -0.213. The number of alkyl halides is 2. The number of anilines is 1. The van der Waals surface area contributed by atoms with Gasteiger partial charge in [-0.15, -0.1) is 6.58 Å². The van der Waals surface area contributed by atoms with Crippen molar-refractivity contribution < 1.29 is 18.3 Å². The first-order chi connectivity index (χ1) is 9.01. The third-order valence-electron chi connectivity index (χ3n) is 2.92. The van der Waals surface area contributed by atoms with Gasteiger partial charge in [0.15, 0.2) is 0 Å². The Labute approximate surface area is 114 Å². The fourth-order valence-electron chi connectivity index (χ4n) is 2.02. The molecule has 0 radical (unpaired) electrons. The lowest BCUT2D eigenvalue weighted by Gasteiger charge is -2.20. The minimum Gasteiger partial charge on any atom is -0.433 e. The van der Waals surface area contributed by atoms with Crippen LogP contribution in [0, 0.1) is 5.92 Å². The minimum absolute atomic E-state index is 0.00545. The molecule has 0 bridgehead atoms. The highest BCUT2D eigenvalue weighted by atomic mass is 35.5. The van der Waals surface area contributed by atoms with Crippen LogP contribution in [0.15, 0.2) is 30.9 Å². The van der Waals surface area contributed by atoms with E-state index < -0.39 is 6.61 Å². The van der Waals surface area contributed by atoms with E-state index in [1.54, 1.807) is 6.08 Å². The molecule has 1 atom stereocenters. The summed E-state index contributed by atoms with van der Waals surface area (Å²) in [5, 5.41) is 0.353. The second-order valence-electron chi connectivity index (χ2n) is 4.19. The third-order valence-corrected chi connectivity index (χ3v) is 3.15. The Balaban J connectivity index is 2.34. The molecule has 1 aliphatic rings. The lowest BCUT2D eigenvalue weighted by atomic mass is 10.1.